The Labute approximate surface area is 129 Å². The monoisotopic (exact) mass is 334 g/mol. The van der Waals surface area contributed by atoms with Gasteiger partial charge in [-0.3, -0.25) is 0 Å². The molecule has 2 unspecified atom stereocenters. The first kappa shape index (κ1) is 17.1. The smallest absolute Gasteiger partial charge is 0.272 e. The Bertz CT molecular complexity index is 578. The lowest BCUT2D eigenvalue weighted by Crippen LogP contribution is -2.46. The molecule has 1 aliphatic rings. The average Bonchev–Trinajstić information content (AvgIpc) is 2.45. The Morgan fingerprint density at radius 2 is 2.05 bits per heavy atom. The topological polar surface area (TPSA) is 67.4 Å². The van der Waals surface area contributed by atoms with Gasteiger partial charge in [0.1, 0.15) is 12.4 Å². The average molecular weight is 334 g/mol. The summed E-state index contributed by atoms with van der Waals surface area (Å²) in [4.78, 5) is 0.100. The summed E-state index contributed by atoms with van der Waals surface area (Å²) in [6.45, 7) is 2.07. The SMILES string of the molecule is CC1CC(NS(=O)(=O)c2ccc(OCC(F)F)cc2)CCN1. The summed E-state index contributed by atoms with van der Waals surface area (Å²) in [6.07, 6.45) is -1.10. The molecule has 2 rings (SSSR count). The van der Waals surface area contributed by atoms with Crippen molar-refractivity contribution in [2.24, 2.45) is 0 Å². The van der Waals surface area contributed by atoms with Gasteiger partial charge in [0.15, 0.2) is 0 Å². The normalized spacial score (nSPS) is 22.7. The fourth-order valence-corrected chi connectivity index (χ4v) is 3.68. The number of nitrogens with one attached hydrogen (secondary N) is 2. The number of piperidine rings is 1. The molecule has 0 aromatic heterocycles. The molecule has 0 spiro atoms. The van der Waals surface area contributed by atoms with Crippen LogP contribution in [0.15, 0.2) is 29.2 Å². The fourth-order valence-electron chi connectivity index (χ4n) is 2.40. The highest BCUT2D eigenvalue weighted by molar-refractivity contribution is 7.89. The lowest BCUT2D eigenvalue weighted by atomic mass is 10.0. The summed E-state index contributed by atoms with van der Waals surface area (Å²) < 4.78 is 56.2. The molecule has 1 fully saturated rings. The molecule has 2 atom stereocenters. The Balaban J connectivity index is 1.99. The van der Waals surface area contributed by atoms with E-state index in [-0.39, 0.29) is 22.7 Å². The molecule has 1 aromatic rings. The van der Waals surface area contributed by atoms with Crippen LogP contribution in [0.2, 0.25) is 0 Å². The Hall–Kier alpha value is -1.25. The second-order valence-electron chi connectivity index (χ2n) is 5.37. The van der Waals surface area contributed by atoms with Crippen molar-refractivity contribution < 1.29 is 21.9 Å². The van der Waals surface area contributed by atoms with Crippen molar-refractivity contribution >= 4 is 10.0 Å². The van der Waals surface area contributed by atoms with E-state index in [4.69, 9.17) is 4.74 Å². The number of hydrogen-bond acceptors (Lipinski definition) is 4. The maximum absolute atomic E-state index is 12.3. The second-order valence-corrected chi connectivity index (χ2v) is 7.09. The quantitative estimate of drug-likeness (QED) is 0.832. The van der Waals surface area contributed by atoms with Gasteiger partial charge in [0.05, 0.1) is 4.90 Å². The molecule has 5 nitrogen and oxygen atoms in total. The van der Waals surface area contributed by atoms with Crippen LogP contribution in [0, 0.1) is 0 Å². The van der Waals surface area contributed by atoms with Crippen LogP contribution in [-0.4, -0.2) is 40.1 Å². The van der Waals surface area contributed by atoms with Crippen LogP contribution in [0.4, 0.5) is 8.78 Å². The van der Waals surface area contributed by atoms with Crippen LogP contribution < -0.4 is 14.8 Å². The molecule has 1 aromatic carbocycles. The minimum Gasteiger partial charge on any atom is -0.488 e. The summed E-state index contributed by atoms with van der Waals surface area (Å²) in [5.41, 5.74) is 0. The van der Waals surface area contributed by atoms with Gasteiger partial charge in [-0.1, -0.05) is 0 Å². The van der Waals surface area contributed by atoms with Gasteiger partial charge in [-0.05, 0) is 50.6 Å². The van der Waals surface area contributed by atoms with E-state index in [0.717, 1.165) is 19.4 Å². The van der Waals surface area contributed by atoms with Crippen LogP contribution in [-0.2, 0) is 10.0 Å². The lowest BCUT2D eigenvalue weighted by molar-refractivity contribution is 0.0819. The van der Waals surface area contributed by atoms with E-state index in [1.807, 2.05) is 6.92 Å². The zero-order chi connectivity index (χ0) is 16.2. The third kappa shape index (κ3) is 4.89. The summed E-state index contributed by atoms with van der Waals surface area (Å²) in [7, 11) is -3.61. The first-order valence-corrected chi connectivity index (χ1v) is 8.62. The largest absolute Gasteiger partial charge is 0.488 e. The summed E-state index contributed by atoms with van der Waals surface area (Å²) in [5, 5.41) is 3.26. The van der Waals surface area contributed by atoms with Crippen molar-refractivity contribution in [1.29, 1.82) is 0 Å². The first-order chi connectivity index (χ1) is 10.4. The van der Waals surface area contributed by atoms with E-state index >= 15 is 0 Å². The maximum Gasteiger partial charge on any atom is 0.272 e. The second kappa shape index (κ2) is 7.34. The number of halogens is 2. The minimum atomic E-state index is -3.61. The molecule has 1 aliphatic heterocycles. The van der Waals surface area contributed by atoms with E-state index in [2.05, 4.69) is 10.0 Å². The molecular weight excluding hydrogens is 314 g/mol. The molecule has 0 saturated carbocycles. The number of ether oxygens (including phenoxy) is 1. The number of hydrogen-bond donors (Lipinski definition) is 2. The third-order valence-electron chi connectivity index (χ3n) is 3.46. The molecule has 0 amide bonds. The van der Waals surface area contributed by atoms with Crippen molar-refractivity contribution in [3.8, 4) is 5.75 Å². The molecule has 124 valence electrons. The van der Waals surface area contributed by atoms with Gasteiger partial charge >= 0.3 is 0 Å². The van der Waals surface area contributed by atoms with Crippen LogP contribution in [0.1, 0.15) is 19.8 Å². The van der Waals surface area contributed by atoms with E-state index in [9.17, 15) is 17.2 Å². The molecule has 22 heavy (non-hydrogen) atoms. The zero-order valence-corrected chi connectivity index (χ0v) is 13.1. The molecule has 1 heterocycles. The van der Waals surface area contributed by atoms with Crippen molar-refractivity contribution in [2.45, 2.75) is 43.2 Å². The fraction of sp³-hybridized carbons (Fsp3) is 0.571. The van der Waals surface area contributed by atoms with Gasteiger partial charge in [-0.25, -0.2) is 21.9 Å². The van der Waals surface area contributed by atoms with Crippen LogP contribution >= 0.6 is 0 Å². The predicted octanol–water partition coefficient (Wildman–Crippen LogP) is 1.75. The van der Waals surface area contributed by atoms with Crippen LogP contribution in [0.25, 0.3) is 0 Å². The van der Waals surface area contributed by atoms with Gasteiger partial charge in [0, 0.05) is 12.1 Å². The first-order valence-electron chi connectivity index (χ1n) is 7.13. The summed E-state index contributed by atoms with van der Waals surface area (Å²) in [5.74, 6) is 0.217. The maximum atomic E-state index is 12.3. The van der Waals surface area contributed by atoms with E-state index < -0.39 is 23.1 Å². The van der Waals surface area contributed by atoms with Gasteiger partial charge < -0.3 is 10.1 Å². The summed E-state index contributed by atoms with van der Waals surface area (Å²) >= 11 is 0. The molecule has 1 saturated heterocycles. The van der Waals surface area contributed by atoms with E-state index in [1.54, 1.807) is 0 Å². The lowest BCUT2D eigenvalue weighted by Gasteiger charge is -2.28. The van der Waals surface area contributed by atoms with Crippen molar-refractivity contribution in [3.05, 3.63) is 24.3 Å². The molecule has 0 aliphatic carbocycles. The molecule has 8 heteroatoms. The van der Waals surface area contributed by atoms with E-state index in [1.165, 1.54) is 24.3 Å². The molecule has 0 radical (unpaired) electrons. The van der Waals surface area contributed by atoms with E-state index in [0.29, 0.717) is 0 Å². The van der Waals surface area contributed by atoms with Gasteiger partial charge in [0.2, 0.25) is 10.0 Å². The third-order valence-corrected chi connectivity index (χ3v) is 4.99. The standard InChI is InChI=1S/C14H20F2N2O3S/c1-10-8-11(6-7-17-10)18-22(19,20)13-4-2-12(3-5-13)21-9-14(15)16/h2-5,10-11,14,17-18H,6-9H2,1H3. The van der Waals surface area contributed by atoms with Crippen LogP contribution in [0.5, 0.6) is 5.75 Å². The molecule has 0 bridgehead atoms. The Morgan fingerprint density at radius 1 is 1.36 bits per heavy atom. The van der Waals surface area contributed by atoms with Crippen molar-refractivity contribution in [3.63, 3.8) is 0 Å². The highest BCUT2D eigenvalue weighted by atomic mass is 32.2. The number of rotatable bonds is 6. The van der Waals surface area contributed by atoms with Crippen molar-refractivity contribution in [1.82, 2.24) is 10.0 Å². The minimum absolute atomic E-state index is 0.100. The molecular formula is C14H20F2N2O3S. The zero-order valence-electron chi connectivity index (χ0n) is 12.3. The Morgan fingerprint density at radius 3 is 2.64 bits per heavy atom. The number of sulfonamides is 1. The number of alkyl halides is 2. The highest BCUT2D eigenvalue weighted by Crippen LogP contribution is 2.18. The van der Waals surface area contributed by atoms with Gasteiger partial charge in [-0.2, -0.15) is 0 Å². The Kier molecular flexibility index (Phi) is 5.71. The van der Waals surface area contributed by atoms with Gasteiger partial charge in [-0.15, -0.1) is 0 Å². The summed E-state index contributed by atoms with van der Waals surface area (Å²) in [6, 6.07) is 5.63. The number of benzene rings is 1. The van der Waals surface area contributed by atoms with Crippen molar-refractivity contribution in [2.75, 3.05) is 13.2 Å². The molecule has 2 N–H and O–H groups in total. The predicted molar refractivity (Wildman–Crippen MR) is 78.7 cm³/mol. The van der Waals surface area contributed by atoms with Gasteiger partial charge in [0.25, 0.3) is 6.43 Å². The van der Waals surface area contributed by atoms with Crippen LogP contribution in [0.3, 0.4) is 0 Å². The highest BCUT2D eigenvalue weighted by Gasteiger charge is 2.24.